The molecule has 0 spiro atoms. The Bertz CT molecular complexity index is 1340. The second-order valence-corrected chi connectivity index (χ2v) is 9.44. The van der Waals surface area contributed by atoms with Gasteiger partial charge in [-0.25, -0.2) is 18.2 Å². The van der Waals surface area contributed by atoms with Gasteiger partial charge >= 0.3 is 12.1 Å². The molecule has 1 aromatic carbocycles. The van der Waals surface area contributed by atoms with Crippen LogP contribution in [0.15, 0.2) is 35.4 Å². The number of nitrogens with one attached hydrogen (secondary N) is 1. The van der Waals surface area contributed by atoms with Gasteiger partial charge in [0, 0.05) is 12.2 Å². The topological polar surface area (TPSA) is 127 Å². The van der Waals surface area contributed by atoms with E-state index in [0.717, 1.165) is 18.2 Å². The molecule has 15 heteroatoms. The summed E-state index contributed by atoms with van der Waals surface area (Å²) in [4.78, 5) is 14.8. The highest BCUT2D eigenvalue weighted by molar-refractivity contribution is 7.92. The van der Waals surface area contributed by atoms with Gasteiger partial charge in [-0.2, -0.15) is 13.2 Å². The van der Waals surface area contributed by atoms with Crippen LogP contribution in [-0.2, 0) is 16.2 Å². The average Bonchev–Trinajstić information content (AvgIpc) is 3.12. The van der Waals surface area contributed by atoms with E-state index in [9.17, 15) is 31.5 Å². The maximum absolute atomic E-state index is 13.2. The van der Waals surface area contributed by atoms with E-state index in [2.05, 4.69) is 19.9 Å². The van der Waals surface area contributed by atoms with Crippen molar-refractivity contribution in [3.8, 4) is 11.5 Å². The van der Waals surface area contributed by atoms with Crippen LogP contribution in [-0.4, -0.2) is 39.2 Å². The maximum Gasteiger partial charge on any atom is 0.417 e. The lowest BCUT2D eigenvalue weighted by Gasteiger charge is -2.16. The normalized spacial score (nSPS) is 12.2. The number of pyridine rings is 1. The standard InChI is InChI=1S/C18H14Cl2F3N5O4S/c1-8(2)28-15(25-26-16(28)17(29)30)14-13(5-9(19)7-24-14)27-33(31,32)10-3-4-12(20)11(6-10)18(21,22)23/h3-8,27H,1-2H3,(H,29,30). The predicted octanol–water partition coefficient (Wildman–Crippen LogP) is 4.75. The van der Waals surface area contributed by atoms with Crippen molar-refractivity contribution in [1.29, 1.82) is 0 Å². The molecule has 0 saturated heterocycles. The van der Waals surface area contributed by atoms with Gasteiger partial charge in [0.1, 0.15) is 5.69 Å². The fraction of sp³-hybridized carbons (Fsp3) is 0.222. The van der Waals surface area contributed by atoms with Crippen molar-refractivity contribution < 1.29 is 31.5 Å². The highest BCUT2D eigenvalue weighted by Crippen LogP contribution is 2.37. The van der Waals surface area contributed by atoms with E-state index in [1.165, 1.54) is 10.8 Å². The molecule has 0 fully saturated rings. The number of alkyl halides is 3. The Kier molecular flexibility index (Phi) is 6.60. The third-order valence-electron chi connectivity index (χ3n) is 4.27. The molecule has 0 atom stereocenters. The molecule has 0 aliphatic carbocycles. The number of aromatic carboxylic acids is 1. The molecule has 3 aromatic rings. The number of halogens is 5. The summed E-state index contributed by atoms with van der Waals surface area (Å²) in [5.41, 5.74) is -1.72. The number of sulfonamides is 1. The Morgan fingerprint density at radius 3 is 2.42 bits per heavy atom. The summed E-state index contributed by atoms with van der Waals surface area (Å²) in [6.45, 7) is 3.29. The van der Waals surface area contributed by atoms with Crippen LogP contribution in [0.1, 0.15) is 36.1 Å². The van der Waals surface area contributed by atoms with E-state index in [1.54, 1.807) is 13.8 Å². The molecule has 0 radical (unpaired) electrons. The summed E-state index contributed by atoms with van der Waals surface area (Å²) in [7, 11) is -4.58. The predicted molar refractivity (Wildman–Crippen MR) is 113 cm³/mol. The van der Waals surface area contributed by atoms with Gasteiger partial charge in [0.25, 0.3) is 10.0 Å². The van der Waals surface area contributed by atoms with E-state index in [4.69, 9.17) is 23.2 Å². The van der Waals surface area contributed by atoms with Crippen LogP contribution in [0.4, 0.5) is 18.9 Å². The monoisotopic (exact) mass is 523 g/mol. The Morgan fingerprint density at radius 1 is 1.18 bits per heavy atom. The minimum Gasteiger partial charge on any atom is -0.475 e. The highest BCUT2D eigenvalue weighted by atomic mass is 35.5. The number of rotatable bonds is 6. The lowest BCUT2D eigenvalue weighted by Crippen LogP contribution is -2.17. The summed E-state index contributed by atoms with van der Waals surface area (Å²) in [6, 6.07) is 2.79. The molecule has 2 N–H and O–H groups in total. The number of nitrogens with zero attached hydrogens (tertiary/aromatic N) is 4. The summed E-state index contributed by atoms with van der Waals surface area (Å²) in [5.74, 6) is -1.89. The molecule has 176 valence electrons. The van der Waals surface area contributed by atoms with Crippen molar-refractivity contribution in [3.05, 3.63) is 51.9 Å². The van der Waals surface area contributed by atoms with E-state index < -0.39 is 49.5 Å². The Balaban J connectivity index is 2.14. The third-order valence-corrected chi connectivity index (χ3v) is 6.17. The van der Waals surface area contributed by atoms with E-state index in [0.29, 0.717) is 6.07 Å². The van der Waals surface area contributed by atoms with E-state index in [1.807, 2.05) is 0 Å². The molecule has 0 amide bonds. The Hall–Kier alpha value is -2.90. The minimum atomic E-state index is -4.88. The summed E-state index contributed by atoms with van der Waals surface area (Å²) in [6.07, 6.45) is -3.72. The first-order valence-electron chi connectivity index (χ1n) is 8.96. The van der Waals surface area contributed by atoms with Gasteiger partial charge in [0.05, 0.1) is 26.2 Å². The largest absolute Gasteiger partial charge is 0.475 e. The summed E-state index contributed by atoms with van der Waals surface area (Å²) >= 11 is 11.5. The fourth-order valence-corrected chi connectivity index (χ4v) is 4.34. The first kappa shape index (κ1) is 24.7. The van der Waals surface area contributed by atoms with Crippen molar-refractivity contribution in [2.75, 3.05) is 4.72 Å². The van der Waals surface area contributed by atoms with Crippen LogP contribution in [0.25, 0.3) is 11.5 Å². The first-order valence-corrected chi connectivity index (χ1v) is 11.2. The molecular formula is C18H14Cl2F3N5O4S. The van der Waals surface area contributed by atoms with Crippen LogP contribution < -0.4 is 4.72 Å². The summed E-state index contributed by atoms with van der Waals surface area (Å²) < 4.78 is 68.7. The lowest BCUT2D eigenvalue weighted by atomic mass is 10.2. The molecular weight excluding hydrogens is 510 g/mol. The SMILES string of the molecule is CC(C)n1c(C(=O)O)nnc1-c1ncc(Cl)cc1NS(=O)(=O)c1ccc(Cl)c(C(F)(F)F)c1. The molecule has 0 bridgehead atoms. The van der Waals surface area contributed by atoms with Crippen LogP contribution in [0.5, 0.6) is 0 Å². The average molecular weight is 524 g/mol. The van der Waals surface area contributed by atoms with Crippen LogP contribution in [0, 0.1) is 0 Å². The van der Waals surface area contributed by atoms with Gasteiger partial charge in [-0.15, -0.1) is 10.2 Å². The molecule has 33 heavy (non-hydrogen) atoms. The molecule has 3 rings (SSSR count). The molecule has 0 aliphatic heterocycles. The first-order chi connectivity index (χ1) is 15.2. The van der Waals surface area contributed by atoms with E-state index in [-0.39, 0.29) is 22.2 Å². The molecule has 9 nitrogen and oxygen atoms in total. The van der Waals surface area contributed by atoms with Crippen molar-refractivity contribution in [2.24, 2.45) is 0 Å². The number of carboxylic acid groups (broad SMARTS) is 1. The van der Waals surface area contributed by atoms with Crippen molar-refractivity contribution in [2.45, 2.75) is 31.0 Å². The molecule has 2 aromatic heterocycles. The smallest absolute Gasteiger partial charge is 0.417 e. The van der Waals surface area contributed by atoms with Gasteiger partial charge < -0.3 is 5.11 Å². The Labute approximate surface area is 195 Å². The van der Waals surface area contributed by atoms with Gasteiger partial charge in [-0.1, -0.05) is 23.2 Å². The van der Waals surface area contributed by atoms with Gasteiger partial charge in [0.15, 0.2) is 5.82 Å². The zero-order valence-electron chi connectivity index (χ0n) is 16.7. The van der Waals surface area contributed by atoms with Crippen molar-refractivity contribution in [1.82, 2.24) is 19.7 Å². The van der Waals surface area contributed by atoms with Crippen LogP contribution >= 0.6 is 23.2 Å². The fourth-order valence-electron chi connectivity index (χ4n) is 2.88. The van der Waals surface area contributed by atoms with Gasteiger partial charge in [0.2, 0.25) is 5.82 Å². The van der Waals surface area contributed by atoms with E-state index >= 15 is 0 Å². The maximum atomic E-state index is 13.2. The minimum absolute atomic E-state index is 0.00222. The number of aromatic nitrogens is 4. The molecule has 0 saturated carbocycles. The molecule has 0 unspecified atom stereocenters. The van der Waals surface area contributed by atoms with Crippen molar-refractivity contribution in [3.63, 3.8) is 0 Å². The number of hydrogen-bond acceptors (Lipinski definition) is 6. The lowest BCUT2D eigenvalue weighted by molar-refractivity contribution is -0.137. The number of hydrogen-bond donors (Lipinski definition) is 2. The molecule has 0 aliphatic rings. The van der Waals surface area contributed by atoms with Gasteiger partial charge in [-0.3, -0.25) is 9.29 Å². The van der Waals surface area contributed by atoms with Crippen LogP contribution in [0.2, 0.25) is 10.0 Å². The number of benzene rings is 1. The van der Waals surface area contributed by atoms with Crippen molar-refractivity contribution >= 4 is 44.9 Å². The Morgan fingerprint density at radius 2 is 1.85 bits per heavy atom. The van der Waals surface area contributed by atoms with Crippen LogP contribution in [0.3, 0.4) is 0 Å². The summed E-state index contributed by atoms with van der Waals surface area (Å²) in [5, 5.41) is 16.1. The zero-order valence-corrected chi connectivity index (χ0v) is 19.1. The zero-order chi connectivity index (χ0) is 24.7. The molecule has 2 heterocycles. The highest BCUT2D eigenvalue weighted by Gasteiger charge is 2.35. The quantitative estimate of drug-likeness (QED) is 0.477. The number of carboxylic acids is 1. The second-order valence-electron chi connectivity index (χ2n) is 6.91. The van der Waals surface area contributed by atoms with Gasteiger partial charge in [-0.05, 0) is 38.1 Å². The number of anilines is 1. The third kappa shape index (κ3) is 5.04. The second kappa shape index (κ2) is 8.80. The number of carbonyl (C=O) groups is 1.